The van der Waals surface area contributed by atoms with Crippen molar-refractivity contribution in [2.24, 2.45) is 0 Å². The summed E-state index contributed by atoms with van der Waals surface area (Å²) >= 11 is 0. The molecule has 0 unspecified atom stereocenters. The van der Waals surface area contributed by atoms with Gasteiger partial charge in [-0.25, -0.2) is 0 Å². The zero-order chi connectivity index (χ0) is 11.8. The molecular weight excluding hydrogens is 184 g/mol. The Balaban J connectivity index is 3.51. The number of aromatic hydroxyl groups is 1. The highest BCUT2D eigenvalue weighted by Crippen LogP contribution is 2.37. The van der Waals surface area contributed by atoms with Crippen molar-refractivity contribution in [2.75, 3.05) is 0 Å². The van der Waals surface area contributed by atoms with E-state index in [4.69, 9.17) is 0 Å². The second-order valence-electron chi connectivity index (χ2n) is 5.18. The molecule has 82 valence electrons. The van der Waals surface area contributed by atoms with Gasteiger partial charge < -0.3 is 5.11 Å². The molecule has 0 aliphatic rings. The molecule has 0 saturated carbocycles. The molecule has 15 heavy (non-hydrogen) atoms. The molecule has 1 aromatic rings. The molecule has 0 aliphatic heterocycles. The quantitative estimate of drug-likeness (QED) is 0.732. The van der Waals surface area contributed by atoms with E-state index in [1.54, 1.807) is 0 Å². The zero-order valence-corrected chi connectivity index (χ0v) is 10.3. The van der Waals surface area contributed by atoms with E-state index < -0.39 is 0 Å². The molecule has 1 aromatic carbocycles. The third-order valence-electron chi connectivity index (χ3n) is 2.60. The molecule has 0 aromatic heterocycles. The molecule has 0 heterocycles. The van der Waals surface area contributed by atoms with E-state index in [9.17, 15) is 5.11 Å². The van der Waals surface area contributed by atoms with Gasteiger partial charge >= 0.3 is 0 Å². The van der Waals surface area contributed by atoms with Crippen LogP contribution in [0.25, 0.3) is 5.57 Å². The monoisotopic (exact) mass is 204 g/mol. The molecule has 1 nitrogen and oxygen atoms in total. The summed E-state index contributed by atoms with van der Waals surface area (Å²) in [6, 6.07) is 3.98. The Morgan fingerprint density at radius 1 is 1.27 bits per heavy atom. The molecule has 0 amide bonds. The Bertz CT molecular complexity index is 395. The van der Waals surface area contributed by atoms with Crippen LogP contribution in [-0.4, -0.2) is 5.11 Å². The Hall–Kier alpha value is -1.24. The second kappa shape index (κ2) is 3.73. The summed E-state index contributed by atoms with van der Waals surface area (Å²) in [5.74, 6) is 0.384. The molecule has 1 heteroatoms. The first-order chi connectivity index (χ1) is 6.75. The summed E-state index contributed by atoms with van der Waals surface area (Å²) in [7, 11) is 0. The van der Waals surface area contributed by atoms with Gasteiger partial charge in [0.15, 0.2) is 0 Å². The van der Waals surface area contributed by atoms with Crippen LogP contribution in [0.2, 0.25) is 0 Å². The van der Waals surface area contributed by atoms with Crippen molar-refractivity contribution in [2.45, 2.75) is 40.0 Å². The van der Waals surface area contributed by atoms with E-state index in [2.05, 4.69) is 27.4 Å². The fraction of sp³-hybridized carbons (Fsp3) is 0.429. The van der Waals surface area contributed by atoms with Gasteiger partial charge in [0, 0.05) is 11.1 Å². The smallest absolute Gasteiger partial charge is 0.127 e. The number of hydrogen-bond donors (Lipinski definition) is 1. The third kappa shape index (κ3) is 2.23. The SMILES string of the molecule is C=C(C)c1ccc(C)c(C(C)(C)C)c1O. The maximum Gasteiger partial charge on any atom is 0.127 e. The molecule has 0 saturated heterocycles. The van der Waals surface area contributed by atoms with Crippen molar-refractivity contribution >= 4 is 5.57 Å². The minimum absolute atomic E-state index is 0.0420. The van der Waals surface area contributed by atoms with Crippen molar-refractivity contribution in [1.29, 1.82) is 0 Å². The van der Waals surface area contributed by atoms with E-state index in [0.717, 1.165) is 22.3 Å². The van der Waals surface area contributed by atoms with Gasteiger partial charge in [0.25, 0.3) is 0 Å². The number of benzene rings is 1. The van der Waals surface area contributed by atoms with Crippen LogP contribution in [0.3, 0.4) is 0 Å². The number of hydrogen-bond acceptors (Lipinski definition) is 1. The number of rotatable bonds is 1. The topological polar surface area (TPSA) is 20.2 Å². The van der Waals surface area contributed by atoms with E-state index in [1.807, 2.05) is 26.0 Å². The molecule has 0 atom stereocenters. The lowest BCUT2D eigenvalue weighted by Gasteiger charge is -2.24. The third-order valence-corrected chi connectivity index (χ3v) is 2.60. The zero-order valence-electron chi connectivity index (χ0n) is 10.3. The first-order valence-corrected chi connectivity index (χ1v) is 5.24. The average molecular weight is 204 g/mol. The lowest BCUT2D eigenvalue weighted by atomic mass is 9.81. The molecular formula is C14H20O. The van der Waals surface area contributed by atoms with Crippen LogP contribution >= 0.6 is 0 Å². The van der Waals surface area contributed by atoms with Crippen molar-refractivity contribution in [3.05, 3.63) is 35.4 Å². The fourth-order valence-electron chi connectivity index (χ4n) is 1.98. The highest BCUT2D eigenvalue weighted by molar-refractivity contribution is 5.70. The van der Waals surface area contributed by atoms with Gasteiger partial charge in [0.05, 0.1) is 0 Å². The maximum atomic E-state index is 10.2. The molecule has 1 N–H and O–H groups in total. The number of phenols is 1. The van der Waals surface area contributed by atoms with Crippen LogP contribution in [-0.2, 0) is 5.41 Å². The lowest BCUT2D eigenvalue weighted by Crippen LogP contribution is -2.14. The normalized spacial score (nSPS) is 11.5. The molecule has 0 aliphatic carbocycles. The van der Waals surface area contributed by atoms with E-state index in [1.165, 1.54) is 0 Å². The molecule has 0 spiro atoms. The summed E-state index contributed by atoms with van der Waals surface area (Å²) in [5, 5.41) is 10.2. The highest BCUT2D eigenvalue weighted by Gasteiger charge is 2.22. The lowest BCUT2D eigenvalue weighted by molar-refractivity contribution is 0.443. The number of phenolic OH excluding ortho intramolecular Hbond substituents is 1. The largest absolute Gasteiger partial charge is 0.507 e. The van der Waals surface area contributed by atoms with Gasteiger partial charge in [0.1, 0.15) is 5.75 Å². The first kappa shape index (κ1) is 11.8. The van der Waals surface area contributed by atoms with Crippen LogP contribution in [0.1, 0.15) is 44.4 Å². The minimum Gasteiger partial charge on any atom is -0.507 e. The number of aryl methyl sites for hydroxylation is 1. The van der Waals surface area contributed by atoms with E-state index in [-0.39, 0.29) is 5.41 Å². The second-order valence-corrected chi connectivity index (χ2v) is 5.18. The summed E-state index contributed by atoms with van der Waals surface area (Å²) in [5.41, 5.74) is 3.86. The average Bonchev–Trinajstić information content (AvgIpc) is 2.00. The predicted molar refractivity (Wildman–Crippen MR) is 66.3 cm³/mol. The van der Waals surface area contributed by atoms with Gasteiger partial charge in [-0.05, 0) is 30.4 Å². The fourth-order valence-corrected chi connectivity index (χ4v) is 1.98. The van der Waals surface area contributed by atoms with Crippen LogP contribution in [0.15, 0.2) is 18.7 Å². The van der Waals surface area contributed by atoms with Crippen LogP contribution in [0.4, 0.5) is 0 Å². The standard InChI is InChI=1S/C14H20O/c1-9(2)11-8-7-10(3)12(13(11)15)14(4,5)6/h7-8,15H,1H2,2-6H3. The maximum absolute atomic E-state index is 10.2. The van der Waals surface area contributed by atoms with Crippen molar-refractivity contribution in [3.8, 4) is 5.75 Å². The van der Waals surface area contributed by atoms with Crippen LogP contribution in [0, 0.1) is 6.92 Å². The van der Waals surface area contributed by atoms with E-state index >= 15 is 0 Å². The van der Waals surface area contributed by atoms with Crippen LogP contribution in [0.5, 0.6) is 5.75 Å². The summed E-state index contributed by atoms with van der Waals surface area (Å²) in [6.07, 6.45) is 0. The van der Waals surface area contributed by atoms with Gasteiger partial charge in [-0.15, -0.1) is 0 Å². The Morgan fingerprint density at radius 2 is 1.80 bits per heavy atom. The van der Waals surface area contributed by atoms with E-state index in [0.29, 0.717) is 5.75 Å². The molecule has 0 fully saturated rings. The minimum atomic E-state index is -0.0420. The predicted octanol–water partition coefficient (Wildman–Crippen LogP) is 4.03. The first-order valence-electron chi connectivity index (χ1n) is 5.24. The Morgan fingerprint density at radius 3 is 2.20 bits per heavy atom. The number of allylic oxidation sites excluding steroid dienone is 1. The van der Waals surface area contributed by atoms with Gasteiger partial charge in [0.2, 0.25) is 0 Å². The van der Waals surface area contributed by atoms with Crippen LogP contribution < -0.4 is 0 Å². The molecule has 1 rings (SSSR count). The Kier molecular flexibility index (Phi) is 2.94. The van der Waals surface area contributed by atoms with Gasteiger partial charge in [-0.1, -0.05) is 39.5 Å². The van der Waals surface area contributed by atoms with Crippen molar-refractivity contribution < 1.29 is 5.11 Å². The Labute approximate surface area is 92.5 Å². The van der Waals surface area contributed by atoms with Gasteiger partial charge in [-0.2, -0.15) is 0 Å². The molecule has 0 bridgehead atoms. The van der Waals surface area contributed by atoms with Crippen molar-refractivity contribution in [3.63, 3.8) is 0 Å². The summed E-state index contributed by atoms with van der Waals surface area (Å²) < 4.78 is 0. The van der Waals surface area contributed by atoms with Crippen molar-refractivity contribution in [1.82, 2.24) is 0 Å². The van der Waals surface area contributed by atoms with Gasteiger partial charge in [-0.3, -0.25) is 0 Å². The summed E-state index contributed by atoms with van der Waals surface area (Å²) in [6.45, 7) is 14.1. The summed E-state index contributed by atoms with van der Waals surface area (Å²) in [4.78, 5) is 0. The molecule has 0 radical (unpaired) electrons. The highest BCUT2D eigenvalue weighted by atomic mass is 16.3.